The minimum absolute atomic E-state index is 0.292. The molecule has 3 heteroatoms. The fourth-order valence-corrected chi connectivity index (χ4v) is 3.04. The molecule has 18 heavy (non-hydrogen) atoms. The van der Waals surface area contributed by atoms with E-state index in [2.05, 4.69) is 19.2 Å². The summed E-state index contributed by atoms with van der Waals surface area (Å²) in [5.74, 6) is 1.61. The molecule has 0 aromatic heterocycles. The first-order valence-electron chi connectivity index (χ1n) is 7.61. The van der Waals surface area contributed by atoms with E-state index in [1.807, 2.05) is 0 Å². The van der Waals surface area contributed by atoms with E-state index in [9.17, 15) is 0 Å². The van der Waals surface area contributed by atoms with Crippen molar-refractivity contribution in [3.05, 3.63) is 0 Å². The van der Waals surface area contributed by atoms with Gasteiger partial charge in [-0.1, -0.05) is 26.7 Å². The van der Waals surface area contributed by atoms with E-state index in [4.69, 9.17) is 16.3 Å². The van der Waals surface area contributed by atoms with Crippen LogP contribution in [0.2, 0.25) is 0 Å². The molecule has 2 nitrogen and oxygen atoms in total. The van der Waals surface area contributed by atoms with Crippen LogP contribution < -0.4 is 5.32 Å². The van der Waals surface area contributed by atoms with E-state index in [1.165, 1.54) is 32.1 Å². The maximum Gasteiger partial charge on any atom is 0.0468 e. The summed E-state index contributed by atoms with van der Waals surface area (Å²) in [4.78, 5) is 0. The Morgan fingerprint density at radius 1 is 1.22 bits per heavy atom. The van der Waals surface area contributed by atoms with Gasteiger partial charge in [-0.3, -0.25) is 0 Å². The number of unbranched alkanes of at least 4 members (excludes halogenated alkanes) is 1. The predicted molar refractivity (Wildman–Crippen MR) is 79.4 cm³/mol. The lowest BCUT2D eigenvalue weighted by Gasteiger charge is -2.21. The van der Waals surface area contributed by atoms with Crippen LogP contribution in [0.3, 0.4) is 0 Å². The lowest BCUT2D eigenvalue weighted by molar-refractivity contribution is 0.0632. The van der Waals surface area contributed by atoms with Gasteiger partial charge in [0.25, 0.3) is 0 Å². The van der Waals surface area contributed by atoms with Crippen molar-refractivity contribution in [2.24, 2.45) is 11.8 Å². The maximum atomic E-state index is 6.23. The summed E-state index contributed by atoms with van der Waals surface area (Å²) < 4.78 is 5.38. The van der Waals surface area contributed by atoms with Crippen molar-refractivity contribution in [2.45, 2.75) is 57.7 Å². The van der Waals surface area contributed by atoms with Gasteiger partial charge in [-0.25, -0.2) is 0 Å². The first-order valence-corrected chi connectivity index (χ1v) is 8.04. The van der Waals surface area contributed by atoms with Crippen molar-refractivity contribution < 1.29 is 4.74 Å². The van der Waals surface area contributed by atoms with Crippen LogP contribution in [-0.4, -0.2) is 31.7 Å². The second-order valence-corrected chi connectivity index (χ2v) is 6.60. The Hall–Kier alpha value is 0.210. The van der Waals surface area contributed by atoms with Gasteiger partial charge in [-0.05, 0) is 44.1 Å². The second-order valence-electron chi connectivity index (χ2n) is 5.98. The quantitative estimate of drug-likeness (QED) is 0.510. The van der Waals surface area contributed by atoms with Crippen molar-refractivity contribution in [3.63, 3.8) is 0 Å². The van der Waals surface area contributed by atoms with Crippen LogP contribution in [-0.2, 0) is 4.74 Å². The van der Waals surface area contributed by atoms with Crippen LogP contribution in [0, 0.1) is 11.8 Å². The Labute approximate surface area is 118 Å². The van der Waals surface area contributed by atoms with Crippen LogP contribution in [0.1, 0.15) is 52.4 Å². The Bertz CT molecular complexity index is 193. The Morgan fingerprint density at radius 2 is 1.94 bits per heavy atom. The van der Waals surface area contributed by atoms with Crippen molar-refractivity contribution in [1.29, 1.82) is 0 Å². The molecule has 1 rings (SSSR count). The average molecular weight is 276 g/mol. The van der Waals surface area contributed by atoms with Gasteiger partial charge < -0.3 is 10.1 Å². The zero-order valence-electron chi connectivity index (χ0n) is 12.1. The van der Waals surface area contributed by atoms with E-state index >= 15 is 0 Å². The highest BCUT2D eigenvalue weighted by Crippen LogP contribution is 2.20. The summed E-state index contributed by atoms with van der Waals surface area (Å²) in [6.07, 6.45) is 7.65. The molecule has 0 bridgehead atoms. The number of alkyl halides is 1. The van der Waals surface area contributed by atoms with E-state index in [0.29, 0.717) is 11.3 Å². The third-order valence-corrected chi connectivity index (χ3v) is 3.98. The highest BCUT2D eigenvalue weighted by molar-refractivity contribution is 6.20. The Kier molecular flexibility index (Phi) is 9.08. The Balaban J connectivity index is 1.86. The number of nitrogens with one attached hydrogen (secondary N) is 1. The molecule has 0 radical (unpaired) electrons. The predicted octanol–water partition coefficient (Wildman–Crippen LogP) is 3.83. The highest BCUT2D eigenvalue weighted by Gasteiger charge is 2.12. The third kappa shape index (κ3) is 8.34. The van der Waals surface area contributed by atoms with Gasteiger partial charge in [0.2, 0.25) is 0 Å². The smallest absolute Gasteiger partial charge is 0.0468 e. The van der Waals surface area contributed by atoms with Gasteiger partial charge >= 0.3 is 0 Å². The van der Waals surface area contributed by atoms with Crippen molar-refractivity contribution in [2.75, 3.05) is 26.3 Å². The summed E-state index contributed by atoms with van der Waals surface area (Å²) in [6.45, 7) is 8.48. The van der Waals surface area contributed by atoms with Gasteiger partial charge in [-0.2, -0.15) is 0 Å². The van der Waals surface area contributed by atoms with Gasteiger partial charge in [0, 0.05) is 25.1 Å². The number of hydrogen-bond donors (Lipinski definition) is 1. The monoisotopic (exact) mass is 275 g/mol. The lowest BCUT2D eigenvalue weighted by Crippen LogP contribution is -2.25. The molecule has 1 fully saturated rings. The lowest BCUT2D eigenvalue weighted by atomic mass is 9.94. The molecular formula is C15H30ClNO. The number of halogens is 1. The van der Waals surface area contributed by atoms with E-state index in [0.717, 1.165) is 38.6 Å². The minimum Gasteiger partial charge on any atom is -0.381 e. The van der Waals surface area contributed by atoms with Gasteiger partial charge in [0.1, 0.15) is 0 Å². The molecule has 0 aromatic carbocycles. The third-order valence-electron chi connectivity index (χ3n) is 3.65. The summed E-state index contributed by atoms with van der Waals surface area (Å²) in [5.41, 5.74) is 0. The minimum atomic E-state index is 0.292. The topological polar surface area (TPSA) is 21.3 Å². The molecule has 0 amide bonds. The normalized spacial score (nSPS) is 19.3. The van der Waals surface area contributed by atoms with Crippen molar-refractivity contribution >= 4 is 11.6 Å². The molecule has 1 aliphatic rings. The first-order chi connectivity index (χ1) is 8.68. The fraction of sp³-hybridized carbons (Fsp3) is 1.00. The summed E-state index contributed by atoms with van der Waals surface area (Å²) in [5, 5.41) is 3.76. The number of ether oxygens (including phenoxy) is 1. The molecule has 0 aromatic rings. The van der Waals surface area contributed by atoms with Crippen molar-refractivity contribution in [1.82, 2.24) is 5.32 Å². The number of rotatable bonds is 9. The fourth-order valence-electron chi connectivity index (χ4n) is 2.57. The summed E-state index contributed by atoms with van der Waals surface area (Å²) >= 11 is 6.23. The van der Waals surface area contributed by atoms with Crippen LogP contribution in [0.5, 0.6) is 0 Å². The van der Waals surface area contributed by atoms with Crippen LogP contribution in [0.25, 0.3) is 0 Å². The van der Waals surface area contributed by atoms with Crippen LogP contribution in [0.4, 0.5) is 0 Å². The Morgan fingerprint density at radius 3 is 2.61 bits per heavy atom. The molecule has 0 saturated carbocycles. The number of hydrogen-bond acceptors (Lipinski definition) is 2. The summed E-state index contributed by atoms with van der Waals surface area (Å²) in [6, 6.07) is 0. The van der Waals surface area contributed by atoms with E-state index in [1.54, 1.807) is 0 Å². The average Bonchev–Trinajstić information content (AvgIpc) is 2.34. The first kappa shape index (κ1) is 16.3. The molecule has 1 atom stereocenters. The molecule has 0 spiro atoms. The van der Waals surface area contributed by atoms with Gasteiger partial charge in [0.15, 0.2) is 0 Å². The van der Waals surface area contributed by atoms with E-state index in [-0.39, 0.29) is 0 Å². The largest absolute Gasteiger partial charge is 0.381 e. The molecule has 1 heterocycles. The SMILES string of the molecule is CC(C)CC(Cl)CNCCCCC1CCOCC1. The molecular weight excluding hydrogens is 246 g/mol. The molecule has 1 saturated heterocycles. The standard InChI is InChI=1S/C15H30ClNO/c1-13(2)11-15(16)12-17-8-4-3-5-14-6-9-18-10-7-14/h13-15,17H,3-12H2,1-2H3. The van der Waals surface area contributed by atoms with E-state index < -0.39 is 0 Å². The zero-order chi connectivity index (χ0) is 13.2. The highest BCUT2D eigenvalue weighted by atomic mass is 35.5. The molecule has 1 unspecified atom stereocenters. The molecule has 1 aliphatic heterocycles. The second kappa shape index (κ2) is 10.1. The molecule has 0 aliphatic carbocycles. The molecule has 108 valence electrons. The van der Waals surface area contributed by atoms with Gasteiger partial charge in [0.05, 0.1) is 0 Å². The van der Waals surface area contributed by atoms with Crippen molar-refractivity contribution in [3.8, 4) is 0 Å². The summed E-state index contributed by atoms with van der Waals surface area (Å²) in [7, 11) is 0. The van der Waals surface area contributed by atoms with Gasteiger partial charge in [-0.15, -0.1) is 11.6 Å². The zero-order valence-corrected chi connectivity index (χ0v) is 12.8. The maximum absolute atomic E-state index is 6.23. The van der Waals surface area contributed by atoms with Crippen LogP contribution >= 0.6 is 11.6 Å². The van der Waals surface area contributed by atoms with Crippen LogP contribution in [0.15, 0.2) is 0 Å². The molecule has 1 N–H and O–H groups in total.